The van der Waals surface area contributed by atoms with Crippen molar-refractivity contribution in [1.82, 2.24) is 0 Å². The van der Waals surface area contributed by atoms with Crippen molar-refractivity contribution < 1.29 is 14.6 Å². The van der Waals surface area contributed by atoms with Crippen LogP contribution < -0.4 is 0 Å². The molecule has 0 aromatic heterocycles. The first-order chi connectivity index (χ1) is 8.69. The number of hydrogen-bond donors (Lipinski definition) is 1. The van der Waals surface area contributed by atoms with Crippen LogP contribution >= 0.6 is 0 Å². The normalized spacial score (nSPS) is 13.9. The molecule has 0 fully saturated rings. The van der Waals surface area contributed by atoms with Crippen LogP contribution in [0.2, 0.25) is 0 Å². The Morgan fingerprint density at radius 1 is 1.33 bits per heavy atom. The number of hydrogen-bond acceptors (Lipinski definition) is 3. The molecular weight excluding hydrogens is 228 g/mol. The third-order valence-corrected chi connectivity index (χ3v) is 3.14. The third-order valence-electron chi connectivity index (χ3n) is 3.14. The van der Waals surface area contributed by atoms with Gasteiger partial charge in [-0.2, -0.15) is 0 Å². The van der Waals surface area contributed by atoms with Crippen molar-refractivity contribution in [2.75, 3.05) is 13.2 Å². The molecule has 1 aromatic rings. The van der Waals surface area contributed by atoms with Crippen LogP contribution in [-0.2, 0) is 9.53 Å². The summed E-state index contributed by atoms with van der Waals surface area (Å²) in [6, 6.07) is 10.2. The Bertz CT molecular complexity index is 348. The van der Waals surface area contributed by atoms with Crippen LogP contribution in [0.15, 0.2) is 30.3 Å². The van der Waals surface area contributed by atoms with E-state index in [9.17, 15) is 4.79 Å². The highest BCUT2D eigenvalue weighted by molar-refractivity contribution is 5.72. The molecule has 3 nitrogen and oxygen atoms in total. The van der Waals surface area contributed by atoms with Gasteiger partial charge >= 0.3 is 5.97 Å². The van der Waals surface area contributed by atoms with E-state index in [1.54, 1.807) is 0 Å². The van der Waals surface area contributed by atoms with Crippen LogP contribution in [0.3, 0.4) is 0 Å². The maximum Gasteiger partial charge on any atom is 0.308 e. The van der Waals surface area contributed by atoms with Crippen molar-refractivity contribution in [3.8, 4) is 0 Å². The van der Waals surface area contributed by atoms with E-state index in [4.69, 9.17) is 9.84 Å². The topological polar surface area (TPSA) is 46.5 Å². The molecule has 0 saturated carbocycles. The molecule has 100 valence electrons. The molecule has 1 aromatic carbocycles. The lowest BCUT2D eigenvalue weighted by Crippen LogP contribution is -2.19. The molecule has 1 N–H and O–H groups in total. The number of ether oxygens (including phenoxy) is 1. The predicted molar refractivity (Wildman–Crippen MR) is 71.3 cm³/mol. The van der Waals surface area contributed by atoms with Crippen LogP contribution in [-0.4, -0.2) is 24.3 Å². The third kappa shape index (κ3) is 4.49. The van der Waals surface area contributed by atoms with Crippen LogP contribution in [0, 0.1) is 5.92 Å². The maximum atomic E-state index is 11.7. The summed E-state index contributed by atoms with van der Waals surface area (Å²) in [5.41, 5.74) is 1.27. The predicted octanol–water partition coefficient (Wildman–Crippen LogP) is 2.74. The molecule has 0 saturated heterocycles. The second kappa shape index (κ2) is 7.88. The minimum Gasteiger partial charge on any atom is -0.463 e. The number of aliphatic hydroxyl groups is 1. The first kappa shape index (κ1) is 14.7. The Balaban J connectivity index is 2.55. The van der Waals surface area contributed by atoms with Crippen LogP contribution in [0.1, 0.15) is 38.2 Å². The number of rotatable bonds is 7. The van der Waals surface area contributed by atoms with Gasteiger partial charge in [-0.05, 0) is 24.3 Å². The Morgan fingerprint density at radius 3 is 2.56 bits per heavy atom. The van der Waals surface area contributed by atoms with Crippen LogP contribution in [0.25, 0.3) is 0 Å². The van der Waals surface area contributed by atoms with Crippen molar-refractivity contribution in [1.29, 1.82) is 0 Å². The second-order valence-corrected chi connectivity index (χ2v) is 4.54. The highest BCUT2D eigenvalue weighted by Gasteiger charge is 2.20. The lowest BCUT2D eigenvalue weighted by Gasteiger charge is -2.19. The Labute approximate surface area is 109 Å². The molecule has 2 unspecified atom stereocenters. The molecule has 0 aliphatic rings. The van der Waals surface area contributed by atoms with Gasteiger partial charge in [0.2, 0.25) is 0 Å². The zero-order chi connectivity index (χ0) is 13.4. The summed E-state index contributed by atoms with van der Waals surface area (Å²) in [4.78, 5) is 11.7. The van der Waals surface area contributed by atoms with Gasteiger partial charge in [-0.1, -0.05) is 44.2 Å². The number of carbonyl (C=O) groups excluding carboxylic acids is 1. The SMILES string of the molecule is CCC(CC(C)C(=O)OCCO)c1ccccc1. The number of carbonyl (C=O) groups is 1. The Hall–Kier alpha value is -1.35. The molecule has 1 rings (SSSR count). The van der Waals surface area contributed by atoms with E-state index >= 15 is 0 Å². The molecule has 0 amide bonds. The second-order valence-electron chi connectivity index (χ2n) is 4.54. The van der Waals surface area contributed by atoms with Crippen molar-refractivity contribution in [3.05, 3.63) is 35.9 Å². The molecule has 2 atom stereocenters. The molecule has 18 heavy (non-hydrogen) atoms. The monoisotopic (exact) mass is 250 g/mol. The molecule has 3 heteroatoms. The summed E-state index contributed by atoms with van der Waals surface area (Å²) in [5.74, 6) is 0.0167. The van der Waals surface area contributed by atoms with Crippen LogP contribution in [0.5, 0.6) is 0 Å². The fourth-order valence-electron chi connectivity index (χ4n) is 2.08. The van der Waals surface area contributed by atoms with Gasteiger partial charge in [0, 0.05) is 0 Å². The first-order valence-corrected chi connectivity index (χ1v) is 6.51. The molecule has 0 spiro atoms. The maximum absolute atomic E-state index is 11.7. The largest absolute Gasteiger partial charge is 0.463 e. The average Bonchev–Trinajstić information content (AvgIpc) is 2.42. The molecule has 0 bridgehead atoms. The standard InChI is InChI=1S/C15H22O3/c1-3-13(14-7-5-4-6-8-14)11-12(2)15(17)18-10-9-16/h4-8,12-13,16H,3,9-11H2,1-2H3. The van der Waals surface area contributed by atoms with Gasteiger partial charge in [0.25, 0.3) is 0 Å². The highest BCUT2D eigenvalue weighted by Crippen LogP contribution is 2.27. The zero-order valence-electron chi connectivity index (χ0n) is 11.1. The molecule has 0 heterocycles. The molecule has 0 aliphatic heterocycles. The van der Waals surface area contributed by atoms with Crippen LogP contribution in [0.4, 0.5) is 0 Å². The van der Waals surface area contributed by atoms with E-state index in [-0.39, 0.29) is 25.1 Å². The van der Waals surface area contributed by atoms with Crippen molar-refractivity contribution in [2.45, 2.75) is 32.6 Å². The van der Waals surface area contributed by atoms with Gasteiger partial charge in [-0.25, -0.2) is 0 Å². The van der Waals surface area contributed by atoms with Crippen molar-refractivity contribution in [3.63, 3.8) is 0 Å². The van der Waals surface area contributed by atoms with Gasteiger partial charge in [0.1, 0.15) is 6.61 Å². The number of benzene rings is 1. The fraction of sp³-hybridized carbons (Fsp3) is 0.533. The van der Waals surface area contributed by atoms with E-state index in [0.29, 0.717) is 5.92 Å². The highest BCUT2D eigenvalue weighted by atomic mass is 16.5. The first-order valence-electron chi connectivity index (χ1n) is 6.51. The average molecular weight is 250 g/mol. The molecule has 0 radical (unpaired) electrons. The van der Waals surface area contributed by atoms with Gasteiger partial charge in [0.05, 0.1) is 12.5 Å². The van der Waals surface area contributed by atoms with Crippen molar-refractivity contribution in [2.24, 2.45) is 5.92 Å². The van der Waals surface area contributed by atoms with Gasteiger partial charge in [0.15, 0.2) is 0 Å². The summed E-state index contributed by atoms with van der Waals surface area (Å²) in [5, 5.41) is 8.63. The van der Waals surface area contributed by atoms with Gasteiger partial charge in [-0.15, -0.1) is 0 Å². The fourth-order valence-corrected chi connectivity index (χ4v) is 2.08. The molecular formula is C15H22O3. The summed E-state index contributed by atoms with van der Waals surface area (Å²) in [7, 11) is 0. The van der Waals surface area contributed by atoms with Gasteiger partial charge in [-0.3, -0.25) is 4.79 Å². The molecule has 0 aliphatic carbocycles. The van der Waals surface area contributed by atoms with Crippen molar-refractivity contribution >= 4 is 5.97 Å². The van der Waals surface area contributed by atoms with E-state index in [1.807, 2.05) is 25.1 Å². The zero-order valence-corrected chi connectivity index (χ0v) is 11.1. The number of aliphatic hydroxyl groups excluding tert-OH is 1. The minimum atomic E-state index is -0.224. The van der Waals surface area contributed by atoms with E-state index in [0.717, 1.165) is 12.8 Å². The van der Waals surface area contributed by atoms with E-state index < -0.39 is 0 Å². The van der Waals surface area contributed by atoms with E-state index in [1.165, 1.54) is 5.56 Å². The summed E-state index contributed by atoms with van der Waals surface area (Å²) in [6.07, 6.45) is 1.78. The number of esters is 1. The lowest BCUT2D eigenvalue weighted by atomic mass is 9.88. The minimum absolute atomic E-state index is 0.0886. The lowest BCUT2D eigenvalue weighted by molar-refractivity contribution is -0.149. The summed E-state index contributed by atoms with van der Waals surface area (Å²) >= 11 is 0. The quantitative estimate of drug-likeness (QED) is 0.757. The summed E-state index contributed by atoms with van der Waals surface area (Å²) < 4.78 is 4.95. The smallest absolute Gasteiger partial charge is 0.308 e. The van der Waals surface area contributed by atoms with Gasteiger partial charge < -0.3 is 9.84 Å². The van der Waals surface area contributed by atoms with E-state index in [2.05, 4.69) is 19.1 Å². The summed E-state index contributed by atoms with van der Waals surface area (Å²) in [6.45, 7) is 3.98. The Kier molecular flexibility index (Phi) is 6.44. The Morgan fingerprint density at radius 2 is 2.00 bits per heavy atom.